The normalized spacial score (nSPS) is 17.2. The molecule has 5 nitrogen and oxygen atoms in total. The summed E-state index contributed by atoms with van der Waals surface area (Å²) in [6.07, 6.45) is 5.95. The summed E-state index contributed by atoms with van der Waals surface area (Å²) in [6.45, 7) is 0.797. The van der Waals surface area contributed by atoms with Gasteiger partial charge in [0.2, 0.25) is 0 Å². The number of pyridine rings is 1. The fourth-order valence-corrected chi connectivity index (χ4v) is 2.61. The Hall–Kier alpha value is -1.62. The summed E-state index contributed by atoms with van der Waals surface area (Å²) in [7, 11) is 1.35. The minimum absolute atomic E-state index is 0.0785. The van der Waals surface area contributed by atoms with E-state index in [1.807, 2.05) is 0 Å². The molecule has 104 valence electrons. The molecule has 1 aliphatic rings. The molecule has 0 atom stereocenters. The first-order valence-electron chi connectivity index (χ1n) is 6.59. The second-order valence-corrected chi connectivity index (χ2v) is 5.11. The summed E-state index contributed by atoms with van der Waals surface area (Å²) in [5, 5.41) is 12.8. The Morgan fingerprint density at radius 1 is 1.53 bits per heavy atom. The number of nitrogens with one attached hydrogen (secondary N) is 1. The highest BCUT2D eigenvalue weighted by Crippen LogP contribution is 2.37. The minimum atomic E-state index is -0.403. The zero-order valence-corrected chi connectivity index (χ0v) is 11.2. The van der Waals surface area contributed by atoms with Gasteiger partial charge in [-0.25, -0.2) is 9.78 Å². The Bertz CT molecular complexity index is 442. The molecule has 19 heavy (non-hydrogen) atoms. The predicted octanol–water partition coefficient (Wildman–Crippen LogP) is 1.83. The molecule has 0 amide bonds. The molecular weight excluding hydrogens is 244 g/mol. The van der Waals surface area contributed by atoms with Crippen molar-refractivity contribution in [2.75, 3.05) is 25.6 Å². The van der Waals surface area contributed by atoms with E-state index in [4.69, 9.17) is 4.74 Å². The van der Waals surface area contributed by atoms with Crippen LogP contribution in [0.3, 0.4) is 0 Å². The lowest BCUT2D eigenvalue weighted by Gasteiger charge is -2.27. The van der Waals surface area contributed by atoms with Crippen LogP contribution in [0.5, 0.6) is 0 Å². The number of carbonyl (C=O) groups excluding carboxylic acids is 1. The van der Waals surface area contributed by atoms with E-state index < -0.39 is 5.97 Å². The van der Waals surface area contributed by atoms with E-state index in [1.54, 1.807) is 18.3 Å². The van der Waals surface area contributed by atoms with Gasteiger partial charge >= 0.3 is 5.97 Å². The monoisotopic (exact) mass is 264 g/mol. The summed E-state index contributed by atoms with van der Waals surface area (Å²) < 4.78 is 4.73. The van der Waals surface area contributed by atoms with Crippen LogP contribution in [0.25, 0.3) is 0 Å². The number of esters is 1. The third-order valence-electron chi connectivity index (χ3n) is 3.84. The number of hydrogen-bond acceptors (Lipinski definition) is 5. The molecule has 1 heterocycles. The molecule has 2 rings (SSSR count). The first kappa shape index (κ1) is 13.8. The Balaban J connectivity index is 2.09. The largest absolute Gasteiger partial charge is 0.465 e. The molecule has 0 saturated heterocycles. The van der Waals surface area contributed by atoms with Crippen molar-refractivity contribution in [2.45, 2.75) is 25.7 Å². The minimum Gasteiger partial charge on any atom is -0.465 e. The summed E-state index contributed by atoms with van der Waals surface area (Å²) in [4.78, 5) is 15.8. The van der Waals surface area contributed by atoms with Gasteiger partial charge in [0.15, 0.2) is 0 Å². The number of aliphatic hydroxyl groups excluding tert-OH is 1. The van der Waals surface area contributed by atoms with Crippen molar-refractivity contribution in [1.82, 2.24) is 4.98 Å². The number of hydrogen-bond donors (Lipinski definition) is 2. The smallest absolute Gasteiger partial charge is 0.341 e. The SMILES string of the molecule is COC(=O)c1cccnc1NCC1(CO)CCCC1. The van der Waals surface area contributed by atoms with Crippen LogP contribution in [-0.4, -0.2) is 36.3 Å². The van der Waals surface area contributed by atoms with Crippen molar-refractivity contribution in [3.8, 4) is 0 Å². The highest BCUT2D eigenvalue weighted by Gasteiger charge is 2.33. The van der Waals surface area contributed by atoms with Crippen LogP contribution in [0.4, 0.5) is 5.82 Å². The van der Waals surface area contributed by atoms with Crippen molar-refractivity contribution in [1.29, 1.82) is 0 Å². The first-order valence-corrected chi connectivity index (χ1v) is 6.59. The maximum absolute atomic E-state index is 11.6. The second-order valence-electron chi connectivity index (χ2n) is 5.11. The van der Waals surface area contributed by atoms with Gasteiger partial charge in [-0.05, 0) is 25.0 Å². The predicted molar refractivity (Wildman–Crippen MR) is 72.1 cm³/mol. The van der Waals surface area contributed by atoms with Crippen LogP contribution in [0.2, 0.25) is 0 Å². The number of rotatable bonds is 5. The van der Waals surface area contributed by atoms with Gasteiger partial charge in [0.1, 0.15) is 11.4 Å². The van der Waals surface area contributed by atoms with E-state index >= 15 is 0 Å². The lowest BCUT2D eigenvalue weighted by molar-refractivity contribution is 0.0601. The molecule has 1 saturated carbocycles. The molecule has 0 bridgehead atoms. The zero-order valence-electron chi connectivity index (χ0n) is 11.2. The van der Waals surface area contributed by atoms with Crippen LogP contribution < -0.4 is 5.32 Å². The molecule has 0 spiro atoms. The number of carbonyl (C=O) groups is 1. The maximum atomic E-state index is 11.6. The molecule has 0 unspecified atom stereocenters. The van der Waals surface area contributed by atoms with E-state index in [0.29, 0.717) is 17.9 Å². The molecule has 0 radical (unpaired) electrons. The summed E-state index contributed by atoms with van der Waals surface area (Å²) >= 11 is 0. The van der Waals surface area contributed by atoms with E-state index in [9.17, 15) is 9.90 Å². The van der Waals surface area contributed by atoms with E-state index in [2.05, 4.69) is 10.3 Å². The van der Waals surface area contributed by atoms with Gasteiger partial charge in [-0.3, -0.25) is 0 Å². The molecule has 0 aromatic carbocycles. The Morgan fingerprint density at radius 3 is 2.89 bits per heavy atom. The zero-order chi connectivity index (χ0) is 13.7. The van der Waals surface area contributed by atoms with Gasteiger partial charge in [0.05, 0.1) is 13.7 Å². The number of anilines is 1. The fraction of sp³-hybridized carbons (Fsp3) is 0.571. The Labute approximate surface area is 113 Å². The highest BCUT2D eigenvalue weighted by molar-refractivity contribution is 5.94. The van der Waals surface area contributed by atoms with Gasteiger partial charge < -0.3 is 15.2 Å². The van der Waals surface area contributed by atoms with Crippen LogP contribution in [0, 0.1) is 5.41 Å². The maximum Gasteiger partial charge on any atom is 0.341 e. The molecule has 1 aromatic heterocycles. The molecule has 5 heteroatoms. The number of methoxy groups -OCH3 is 1. The molecule has 1 fully saturated rings. The van der Waals surface area contributed by atoms with Crippen molar-refractivity contribution < 1.29 is 14.6 Å². The number of ether oxygens (including phenoxy) is 1. The van der Waals surface area contributed by atoms with Crippen molar-refractivity contribution >= 4 is 11.8 Å². The first-order chi connectivity index (χ1) is 9.21. The standard InChI is InChI=1S/C14H20N2O3/c1-19-13(18)11-5-4-8-15-12(11)16-9-14(10-17)6-2-3-7-14/h4-5,8,17H,2-3,6-7,9-10H2,1H3,(H,15,16). The van der Waals surface area contributed by atoms with Gasteiger partial charge in [-0.2, -0.15) is 0 Å². The molecule has 1 aliphatic carbocycles. The van der Waals surface area contributed by atoms with Crippen LogP contribution in [0.1, 0.15) is 36.0 Å². The molecule has 0 aliphatic heterocycles. The molecule has 1 aromatic rings. The third kappa shape index (κ3) is 3.04. The second kappa shape index (κ2) is 6.02. The average Bonchev–Trinajstić information content (AvgIpc) is 2.94. The van der Waals surface area contributed by atoms with Crippen LogP contribution in [0.15, 0.2) is 18.3 Å². The van der Waals surface area contributed by atoms with E-state index in [1.165, 1.54) is 7.11 Å². The fourth-order valence-electron chi connectivity index (χ4n) is 2.61. The van der Waals surface area contributed by atoms with E-state index in [0.717, 1.165) is 25.7 Å². The number of aliphatic hydroxyl groups is 1. The number of aromatic nitrogens is 1. The van der Waals surface area contributed by atoms with Gasteiger partial charge in [-0.15, -0.1) is 0 Å². The lowest BCUT2D eigenvalue weighted by Crippen LogP contribution is -2.31. The summed E-state index contributed by atoms with van der Waals surface area (Å²) in [6, 6.07) is 3.39. The number of nitrogens with zero attached hydrogens (tertiary/aromatic N) is 1. The van der Waals surface area contributed by atoms with Crippen LogP contribution >= 0.6 is 0 Å². The van der Waals surface area contributed by atoms with Crippen molar-refractivity contribution in [2.24, 2.45) is 5.41 Å². The highest BCUT2D eigenvalue weighted by atomic mass is 16.5. The Morgan fingerprint density at radius 2 is 2.26 bits per heavy atom. The van der Waals surface area contributed by atoms with Gasteiger partial charge in [0.25, 0.3) is 0 Å². The van der Waals surface area contributed by atoms with Crippen molar-refractivity contribution in [3.63, 3.8) is 0 Å². The third-order valence-corrected chi connectivity index (χ3v) is 3.84. The van der Waals surface area contributed by atoms with E-state index in [-0.39, 0.29) is 12.0 Å². The topological polar surface area (TPSA) is 71.5 Å². The van der Waals surface area contributed by atoms with Gasteiger partial charge in [-0.1, -0.05) is 12.8 Å². The summed E-state index contributed by atoms with van der Waals surface area (Å²) in [5.41, 5.74) is 0.348. The van der Waals surface area contributed by atoms with Crippen LogP contribution in [-0.2, 0) is 4.74 Å². The van der Waals surface area contributed by atoms with Gasteiger partial charge in [0, 0.05) is 18.2 Å². The lowest BCUT2D eigenvalue weighted by atomic mass is 9.87. The quantitative estimate of drug-likeness (QED) is 0.794. The Kier molecular flexibility index (Phi) is 4.37. The molecular formula is C14H20N2O3. The summed E-state index contributed by atoms with van der Waals surface area (Å²) in [5.74, 6) is 0.120. The molecule has 2 N–H and O–H groups in total. The average molecular weight is 264 g/mol. The van der Waals surface area contributed by atoms with Crippen molar-refractivity contribution in [3.05, 3.63) is 23.9 Å².